The predicted molar refractivity (Wildman–Crippen MR) is 82.8 cm³/mol. The largest absolute Gasteiger partial charge is 0.328 e. The fourth-order valence-electron chi connectivity index (χ4n) is 4.18. The van der Waals surface area contributed by atoms with E-state index in [9.17, 15) is 0 Å². The van der Waals surface area contributed by atoms with Crippen molar-refractivity contribution in [3.8, 4) is 0 Å². The van der Waals surface area contributed by atoms with Crippen LogP contribution in [0.5, 0.6) is 0 Å². The average Bonchev–Trinajstić information content (AvgIpc) is 3.22. The molecule has 2 heteroatoms. The Labute approximate surface area is 119 Å². The molecule has 2 aliphatic rings. The quantitative estimate of drug-likeness (QED) is 0.669. The minimum absolute atomic E-state index is 0.328. The summed E-state index contributed by atoms with van der Waals surface area (Å²) in [6.45, 7) is 9.22. The first kappa shape index (κ1) is 15.3. The van der Waals surface area contributed by atoms with Crippen LogP contribution >= 0.6 is 0 Å². The third-order valence-corrected chi connectivity index (χ3v) is 6.59. The van der Waals surface area contributed by atoms with Crippen molar-refractivity contribution in [1.29, 1.82) is 0 Å². The number of rotatable bonds is 9. The zero-order chi connectivity index (χ0) is 14.3. The summed E-state index contributed by atoms with van der Waals surface area (Å²) in [5, 5.41) is 0. The monoisotopic (exact) mass is 266 g/mol. The minimum atomic E-state index is 0.328. The molecule has 2 fully saturated rings. The van der Waals surface area contributed by atoms with Gasteiger partial charge in [0.05, 0.1) is 0 Å². The molecular formula is C17H34N2. The Morgan fingerprint density at radius 2 is 1.74 bits per heavy atom. The molecule has 19 heavy (non-hydrogen) atoms. The molecule has 2 aliphatic carbocycles. The van der Waals surface area contributed by atoms with E-state index in [2.05, 4.69) is 27.7 Å². The Morgan fingerprint density at radius 3 is 2.11 bits per heavy atom. The Morgan fingerprint density at radius 1 is 1.16 bits per heavy atom. The van der Waals surface area contributed by atoms with Crippen LogP contribution in [0.3, 0.4) is 0 Å². The van der Waals surface area contributed by atoms with E-state index in [4.69, 9.17) is 11.5 Å². The number of fused-ring (bicyclic) bond motifs is 1. The predicted octanol–water partition coefficient (Wildman–Crippen LogP) is 3.68. The summed E-state index contributed by atoms with van der Waals surface area (Å²) in [6, 6.07) is 0.720. The Hall–Kier alpha value is -0.0800. The summed E-state index contributed by atoms with van der Waals surface area (Å²) in [5.41, 5.74) is 13.5. The van der Waals surface area contributed by atoms with Crippen molar-refractivity contribution in [2.75, 3.05) is 0 Å². The fourth-order valence-corrected chi connectivity index (χ4v) is 4.18. The highest BCUT2D eigenvalue weighted by Gasteiger charge is 2.77. The molecule has 4 atom stereocenters. The van der Waals surface area contributed by atoms with E-state index in [1.54, 1.807) is 0 Å². The second-order valence-corrected chi connectivity index (χ2v) is 7.69. The van der Waals surface area contributed by atoms with Crippen LogP contribution in [0.15, 0.2) is 0 Å². The van der Waals surface area contributed by atoms with Crippen LogP contribution in [0.2, 0.25) is 0 Å². The van der Waals surface area contributed by atoms with Crippen LogP contribution in [0.1, 0.15) is 72.6 Å². The highest BCUT2D eigenvalue weighted by Crippen LogP contribution is 2.84. The van der Waals surface area contributed by atoms with Gasteiger partial charge in [0.15, 0.2) is 0 Å². The highest BCUT2D eigenvalue weighted by atomic mass is 14.9. The lowest BCUT2D eigenvalue weighted by Crippen LogP contribution is -2.43. The van der Waals surface area contributed by atoms with Gasteiger partial charge in [-0.1, -0.05) is 27.2 Å². The molecule has 0 aromatic rings. The minimum Gasteiger partial charge on any atom is -0.328 e. The van der Waals surface area contributed by atoms with E-state index in [1.807, 2.05) is 0 Å². The van der Waals surface area contributed by atoms with Gasteiger partial charge in [0.1, 0.15) is 0 Å². The Balaban J connectivity index is 1.92. The van der Waals surface area contributed by atoms with Crippen LogP contribution in [-0.4, -0.2) is 12.1 Å². The highest BCUT2D eigenvalue weighted by molar-refractivity contribution is 5.26. The van der Waals surface area contributed by atoms with Crippen molar-refractivity contribution in [3.05, 3.63) is 0 Å². The maximum atomic E-state index is 6.38. The normalized spacial score (nSPS) is 36.0. The Kier molecular flexibility index (Phi) is 4.32. The second-order valence-electron chi connectivity index (χ2n) is 7.69. The standard InChI is InChI=1S/C17H34N2/c1-5-13(7-8-15(19)6-2)9-16(4,12(3)18)17-10-14(17)11-17/h12-15H,5-11,18-19H2,1-4H3. The summed E-state index contributed by atoms with van der Waals surface area (Å²) in [6.07, 6.45) is 9.07. The maximum absolute atomic E-state index is 6.38. The molecule has 112 valence electrons. The van der Waals surface area contributed by atoms with Gasteiger partial charge in [0.2, 0.25) is 0 Å². The van der Waals surface area contributed by atoms with Crippen LogP contribution in [0.25, 0.3) is 0 Å². The van der Waals surface area contributed by atoms with Gasteiger partial charge in [-0.2, -0.15) is 0 Å². The van der Waals surface area contributed by atoms with E-state index >= 15 is 0 Å². The number of hydrogen-bond acceptors (Lipinski definition) is 2. The van der Waals surface area contributed by atoms with E-state index in [1.165, 1.54) is 38.5 Å². The van der Waals surface area contributed by atoms with E-state index in [0.29, 0.717) is 22.9 Å². The maximum Gasteiger partial charge on any atom is 0.00699 e. The van der Waals surface area contributed by atoms with E-state index in [0.717, 1.165) is 18.3 Å². The third kappa shape index (κ3) is 2.71. The molecule has 0 aliphatic heterocycles. The lowest BCUT2D eigenvalue weighted by Gasteiger charge is -2.40. The SMILES string of the molecule is CCC(N)CCC(CC)CC(C)(C(C)N)C12CC1C2. The molecule has 0 spiro atoms. The molecule has 4 N–H and O–H groups in total. The van der Waals surface area contributed by atoms with Crippen LogP contribution in [0.4, 0.5) is 0 Å². The van der Waals surface area contributed by atoms with Gasteiger partial charge < -0.3 is 11.5 Å². The van der Waals surface area contributed by atoms with E-state index in [-0.39, 0.29) is 0 Å². The van der Waals surface area contributed by atoms with Crippen LogP contribution in [-0.2, 0) is 0 Å². The molecule has 0 amide bonds. The molecule has 0 radical (unpaired) electrons. The van der Waals surface area contributed by atoms with Gasteiger partial charge in [0, 0.05) is 12.1 Å². The average molecular weight is 266 g/mol. The van der Waals surface area contributed by atoms with Crippen molar-refractivity contribution in [1.82, 2.24) is 0 Å². The summed E-state index contributed by atoms with van der Waals surface area (Å²) in [5.74, 6) is 1.84. The molecule has 0 heterocycles. The zero-order valence-electron chi connectivity index (χ0n) is 13.4. The number of nitrogens with two attached hydrogens (primary N) is 2. The Bertz CT molecular complexity index is 306. The second kappa shape index (κ2) is 5.37. The van der Waals surface area contributed by atoms with Crippen molar-refractivity contribution >= 4 is 0 Å². The van der Waals surface area contributed by atoms with Crippen LogP contribution in [0, 0.1) is 22.7 Å². The van der Waals surface area contributed by atoms with Crippen molar-refractivity contribution < 1.29 is 0 Å². The molecule has 2 saturated carbocycles. The molecule has 0 bridgehead atoms. The topological polar surface area (TPSA) is 52.0 Å². The first-order valence-electron chi connectivity index (χ1n) is 8.40. The first-order valence-corrected chi connectivity index (χ1v) is 8.40. The molecule has 2 nitrogen and oxygen atoms in total. The van der Waals surface area contributed by atoms with Crippen molar-refractivity contribution in [2.45, 2.75) is 84.7 Å². The van der Waals surface area contributed by atoms with Gasteiger partial charge in [-0.3, -0.25) is 0 Å². The summed E-state index contributed by atoms with van der Waals surface area (Å²) in [7, 11) is 0. The smallest absolute Gasteiger partial charge is 0.00699 e. The lowest BCUT2D eigenvalue weighted by atomic mass is 9.67. The van der Waals surface area contributed by atoms with Gasteiger partial charge in [-0.25, -0.2) is 0 Å². The van der Waals surface area contributed by atoms with Gasteiger partial charge in [-0.15, -0.1) is 0 Å². The molecule has 2 rings (SSSR count). The fraction of sp³-hybridized carbons (Fsp3) is 1.00. The molecular weight excluding hydrogens is 232 g/mol. The zero-order valence-corrected chi connectivity index (χ0v) is 13.4. The molecule has 0 saturated heterocycles. The molecule has 0 aromatic carbocycles. The summed E-state index contributed by atoms with van der Waals surface area (Å²) < 4.78 is 0. The van der Waals surface area contributed by atoms with Crippen molar-refractivity contribution in [2.24, 2.45) is 34.1 Å². The lowest BCUT2D eigenvalue weighted by molar-refractivity contribution is 0.120. The van der Waals surface area contributed by atoms with Crippen LogP contribution < -0.4 is 11.5 Å². The molecule has 4 unspecified atom stereocenters. The summed E-state index contributed by atoms with van der Waals surface area (Å²) in [4.78, 5) is 0. The third-order valence-electron chi connectivity index (χ3n) is 6.59. The van der Waals surface area contributed by atoms with E-state index < -0.39 is 0 Å². The van der Waals surface area contributed by atoms with Gasteiger partial charge >= 0.3 is 0 Å². The first-order chi connectivity index (χ1) is 8.89. The number of hydrogen-bond donors (Lipinski definition) is 2. The van der Waals surface area contributed by atoms with Gasteiger partial charge in [-0.05, 0) is 68.1 Å². The van der Waals surface area contributed by atoms with Gasteiger partial charge in [0.25, 0.3) is 0 Å². The molecule has 0 aromatic heterocycles. The summed E-state index contributed by atoms with van der Waals surface area (Å²) >= 11 is 0. The van der Waals surface area contributed by atoms with Crippen molar-refractivity contribution in [3.63, 3.8) is 0 Å².